The van der Waals surface area contributed by atoms with Crippen molar-refractivity contribution in [1.82, 2.24) is 20.9 Å². The molecule has 0 radical (unpaired) electrons. The van der Waals surface area contributed by atoms with E-state index in [0.29, 0.717) is 31.0 Å². The van der Waals surface area contributed by atoms with E-state index < -0.39 is 0 Å². The van der Waals surface area contributed by atoms with Gasteiger partial charge in [-0.2, -0.15) is 0 Å². The van der Waals surface area contributed by atoms with E-state index in [4.69, 9.17) is 0 Å². The summed E-state index contributed by atoms with van der Waals surface area (Å²) >= 11 is 0. The number of hydrogen-bond acceptors (Lipinski definition) is 4. The molecular formula is C21H34Cl2N4O2. The number of likely N-dealkylation sites (tertiary alicyclic amines) is 1. The van der Waals surface area contributed by atoms with Crippen molar-refractivity contribution < 1.29 is 9.59 Å². The predicted octanol–water partition coefficient (Wildman–Crippen LogP) is 2.36. The fraction of sp³-hybridized carbons (Fsp3) is 0.619. The van der Waals surface area contributed by atoms with Crippen molar-refractivity contribution in [1.29, 1.82) is 0 Å². The van der Waals surface area contributed by atoms with Crippen molar-refractivity contribution in [2.24, 2.45) is 5.92 Å². The quantitative estimate of drug-likeness (QED) is 0.546. The largest absolute Gasteiger partial charge is 0.352 e. The molecule has 0 saturated carbocycles. The molecule has 6 nitrogen and oxygen atoms in total. The monoisotopic (exact) mass is 444 g/mol. The van der Waals surface area contributed by atoms with E-state index >= 15 is 0 Å². The lowest BCUT2D eigenvalue weighted by atomic mass is 10.0. The van der Waals surface area contributed by atoms with Crippen LogP contribution in [0.4, 0.5) is 0 Å². The lowest BCUT2D eigenvalue weighted by molar-refractivity contribution is -0.121. The van der Waals surface area contributed by atoms with Gasteiger partial charge in [-0.15, -0.1) is 24.8 Å². The minimum Gasteiger partial charge on any atom is -0.352 e. The van der Waals surface area contributed by atoms with Crippen LogP contribution in [0, 0.1) is 5.92 Å². The second-order valence-corrected chi connectivity index (χ2v) is 7.68. The Kier molecular flexibility index (Phi) is 12.2. The van der Waals surface area contributed by atoms with Crippen molar-refractivity contribution in [3.63, 3.8) is 0 Å². The van der Waals surface area contributed by atoms with Crippen LogP contribution in [0.3, 0.4) is 0 Å². The van der Waals surface area contributed by atoms with Crippen molar-refractivity contribution in [2.75, 3.05) is 39.3 Å². The Balaban J connectivity index is 0.00000210. The molecule has 2 heterocycles. The molecule has 29 heavy (non-hydrogen) atoms. The van der Waals surface area contributed by atoms with Crippen LogP contribution in [0.5, 0.6) is 0 Å². The van der Waals surface area contributed by atoms with E-state index in [1.807, 2.05) is 24.3 Å². The molecule has 0 spiro atoms. The summed E-state index contributed by atoms with van der Waals surface area (Å²) in [5.41, 5.74) is 1.68. The summed E-state index contributed by atoms with van der Waals surface area (Å²) < 4.78 is 0. The lowest BCUT2D eigenvalue weighted by Gasteiger charge is -2.14. The van der Waals surface area contributed by atoms with Crippen LogP contribution >= 0.6 is 24.8 Å². The standard InChI is InChI=1S/C21H32N4O2.2ClH/c26-20(8-5-18-9-10-22-15-18)24-16-17-3-6-19(7-4-17)21(27)23-11-14-25-12-1-2-13-25;;/h3-4,6-7,18,22H,1-2,5,8-16H2,(H,23,27)(H,24,26);2*1H. The molecular weight excluding hydrogens is 411 g/mol. The highest BCUT2D eigenvalue weighted by molar-refractivity contribution is 5.94. The van der Waals surface area contributed by atoms with Gasteiger partial charge in [-0.1, -0.05) is 12.1 Å². The third kappa shape index (κ3) is 8.91. The molecule has 0 aliphatic carbocycles. The SMILES string of the molecule is Cl.Cl.O=C(CCC1CCNC1)NCc1ccc(C(=O)NCCN2CCCC2)cc1. The molecule has 1 atom stereocenters. The number of amides is 2. The Bertz CT molecular complexity index is 616. The van der Waals surface area contributed by atoms with Gasteiger partial charge in [0.15, 0.2) is 0 Å². The molecule has 0 aromatic heterocycles. The van der Waals surface area contributed by atoms with Crippen molar-refractivity contribution in [3.8, 4) is 0 Å². The van der Waals surface area contributed by atoms with E-state index in [9.17, 15) is 9.59 Å². The summed E-state index contributed by atoms with van der Waals surface area (Å²) in [6.07, 6.45) is 5.25. The van der Waals surface area contributed by atoms with Gasteiger partial charge in [0.25, 0.3) is 5.91 Å². The molecule has 8 heteroatoms. The summed E-state index contributed by atoms with van der Waals surface area (Å²) in [7, 11) is 0. The number of benzene rings is 1. The molecule has 3 N–H and O–H groups in total. The summed E-state index contributed by atoms with van der Waals surface area (Å²) in [5, 5.41) is 9.28. The first-order valence-electron chi connectivity index (χ1n) is 10.3. The van der Waals surface area contributed by atoms with Gasteiger partial charge in [-0.05, 0) is 75.5 Å². The number of carbonyl (C=O) groups is 2. The summed E-state index contributed by atoms with van der Waals surface area (Å²) in [6.45, 7) is 6.53. The van der Waals surface area contributed by atoms with Gasteiger partial charge in [0.2, 0.25) is 5.91 Å². The van der Waals surface area contributed by atoms with Crippen molar-refractivity contribution in [2.45, 2.75) is 38.6 Å². The van der Waals surface area contributed by atoms with Crippen LogP contribution in [0.1, 0.15) is 48.0 Å². The van der Waals surface area contributed by atoms with E-state index in [2.05, 4.69) is 20.9 Å². The Morgan fingerprint density at radius 3 is 2.45 bits per heavy atom. The lowest BCUT2D eigenvalue weighted by Crippen LogP contribution is -2.33. The second kappa shape index (κ2) is 13.8. The zero-order valence-electron chi connectivity index (χ0n) is 17.0. The van der Waals surface area contributed by atoms with Gasteiger partial charge >= 0.3 is 0 Å². The van der Waals surface area contributed by atoms with Crippen LogP contribution in [0.25, 0.3) is 0 Å². The third-order valence-electron chi connectivity index (χ3n) is 5.56. The molecule has 1 aromatic carbocycles. The van der Waals surface area contributed by atoms with Crippen LogP contribution in [-0.2, 0) is 11.3 Å². The van der Waals surface area contributed by atoms with Gasteiger partial charge in [-0.3, -0.25) is 9.59 Å². The molecule has 2 amide bonds. The van der Waals surface area contributed by atoms with Crippen LogP contribution in [0.2, 0.25) is 0 Å². The fourth-order valence-electron chi connectivity index (χ4n) is 3.79. The Hall–Kier alpha value is -1.34. The molecule has 2 fully saturated rings. The smallest absolute Gasteiger partial charge is 0.251 e. The molecule has 3 rings (SSSR count). The maximum atomic E-state index is 12.2. The minimum atomic E-state index is -0.0324. The molecule has 1 aromatic rings. The number of nitrogens with one attached hydrogen (secondary N) is 3. The number of rotatable bonds is 9. The van der Waals surface area contributed by atoms with E-state index in [0.717, 1.165) is 44.7 Å². The second-order valence-electron chi connectivity index (χ2n) is 7.68. The molecule has 1 unspecified atom stereocenters. The highest BCUT2D eigenvalue weighted by Gasteiger charge is 2.15. The first-order chi connectivity index (χ1) is 13.2. The van der Waals surface area contributed by atoms with E-state index in [-0.39, 0.29) is 36.6 Å². The third-order valence-corrected chi connectivity index (χ3v) is 5.56. The number of nitrogens with zero attached hydrogens (tertiary/aromatic N) is 1. The molecule has 0 bridgehead atoms. The first kappa shape index (κ1) is 25.7. The topological polar surface area (TPSA) is 73.5 Å². The normalized spacial score (nSPS) is 18.6. The average molecular weight is 445 g/mol. The molecule has 164 valence electrons. The Morgan fingerprint density at radius 2 is 1.79 bits per heavy atom. The summed E-state index contributed by atoms with van der Waals surface area (Å²) in [4.78, 5) is 26.6. The summed E-state index contributed by atoms with van der Waals surface area (Å²) in [5.74, 6) is 0.708. The van der Waals surface area contributed by atoms with Crippen molar-refractivity contribution >= 4 is 36.6 Å². The van der Waals surface area contributed by atoms with E-state index in [1.165, 1.54) is 19.3 Å². The Morgan fingerprint density at radius 1 is 1.07 bits per heavy atom. The summed E-state index contributed by atoms with van der Waals surface area (Å²) in [6, 6.07) is 7.49. The zero-order valence-corrected chi connectivity index (χ0v) is 18.6. The maximum Gasteiger partial charge on any atom is 0.251 e. The molecule has 2 aliphatic rings. The molecule has 2 aliphatic heterocycles. The maximum absolute atomic E-state index is 12.2. The number of carbonyl (C=O) groups excluding carboxylic acids is 2. The fourth-order valence-corrected chi connectivity index (χ4v) is 3.79. The minimum absolute atomic E-state index is 0. The number of halogens is 2. The van der Waals surface area contributed by atoms with Gasteiger partial charge in [-0.25, -0.2) is 0 Å². The Labute approximate surface area is 186 Å². The van der Waals surface area contributed by atoms with Crippen LogP contribution < -0.4 is 16.0 Å². The van der Waals surface area contributed by atoms with Crippen LogP contribution in [-0.4, -0.2) is 56.0 Å². The average Bonchev–Trinajstić information content (AvgIpc) is 3.39. The number of hydrogen-bond donors (Lipinski definition) is 3. The van der Waals surface area contributed by atoms with Gasteiger partial charge in [0.1, 0.15) is 0 Å². The van der Waals surface area contributed by atoms with Gasteiger partial charge in [0, 0.05) is 31.6 Å². The highest BCUT2D eigenvalue weighted by atomic mass is 35.5. The molecule has 2 saturated heterocycles. The van der Waals surface area contributed by atoms with Gasteiger partial charge in [0.05, 0.1) is 0 Å². The van der Waals surface area contributed by atoms with E-state index in [1.54, 1.807) is 0 Å². The first-order valence-corrected chi connectivity index (χ1v) is 10.3. The predicted molar refractivity (Wildman–Crippen MR) is 121 cm³/mol. The zero-order chi connectivity index (χ0) is 18.9. The van der Waals surface area contributed by atoms with Crippen LogP contribution in [0.15, 0.2) is 24.3 Å². The van der Waals surface area contributed by atoms with Crippen molar-refractivity contribution in [3.05, 3.63) is 35.4 Å². The van der Waals surface area contributed by atoms with Gasteiger partial charge < -0.3 is 20.9 Å². The highest BCUT2D eigenvalue weighted by Crippen LogP contribution is 2.14.